The van der Waals surface area contributed by atoms with Gasteiger partial charge in [0, 0.05) is 0 Å². The molecule has 0 atom stereocenters. The molecule has 0 aliphatic rings. The molecule has 4 aromatic rings. The average Bonchev–Trinajstić information content (AvgIpc) is 3.23. The van der Waals surface area contributed by atoms with E-state index in [1.807, 2.05) is 23.6 Å². The van der Waals surface area contributed by atoms with Gasteiger partial charge in [0.25, 0.3) is 0 Å². The summed E-state index contributed by atoms with van der Waals surface area (Å²) < 4.78 is 4.07. The van der Waals surface area contributed by atoms with Gasteiger partial charge in [0.05, 0.1) is 0 Å². The van der Waals surface area contributed by atoms with Crippen LogP contribution in [0.25, 0.3) is 0 Å². The van der Waals surface area contributed by atoms with Crippen LogP contribution in [0.1, 0.15) is 5.69 Å². The first-order valence-electron chi connectivity index (χ1n) is 8.37. The molecule has 26 heavy (non-hydrogen) atoms. The molecule has 0 saturated carbocycles. The molecular weight excluding hydrogens is 379 g/mol. The van der Waals surface area contributed by atoms with Gasteiger partial charge in [-0.2, -0.15) is 0 Å². The van der Waals surface area contributed by atoms with Crippen LogP contribution in [0.3, 0.4) is 0 Å². The molecule has 5 heteroatoms. The van der Waals surface area contributed by atoms with Crippen LogP contribution < -0.4 is 15.9 Å². The first-order valence-corrected chi connectivity index (χ1v) is 12.5. The van der Waals surface area contributed by atoms with E-state index >= 15 is 0 Å². The van der Waals surface area contributed by atoms with Crippen molar-refractivity contribution in [3.05, 3.63) is 102 Å². The van der Waals surface area contributed by atoms with Crippen molar-refractivity contribution in [2.24, 2.45) is 0 Å². The molecule has 3 aromatic carbocycles. The third-order valence-corrected chi connectivity index (χ3v) is 12.5. The van der Waals surface area contributed by atoms with Gasteiger partial charge in [0.15, 0.2) is 0 Å². The van der Waals surface area contributed by atoms with Crippen LogP contribution >= 0.6 is 28.7 Å². The number of hydrogen-bond acceptors (Lipinski definition) is 3. The number of nitrogens with zero attached hydrogens (tertiary/aromatic N) is 2. The second-order valence-corrected chi connectivity index (χ2v) is 13.3. The molecule has 0 aliphatic carbocycles. The van der Waals surface area contributed by atoms with Crippen molar-refractivity contribution in [2.45, 2.75) is 6.16 Å². The Kier molecular flexibility index (Phi) is 4.62. The molecular formula is C21H18ClN2PS. The van der Waals surface area contributed by atoms with Crippen LogP contribution in [-0.4, -0.2) is 9.59 Å². The van der Waals surface area contributed by atoms with Gasteiger partial charge in [0.1, 0.15) is 0 Å². The Morgan fingerprint density at radius 2 is 1.12 bits per heavy atom. The first kappa shape index (κ1) is 17.4. The minimum absolute atomic E-state index is 0.641. The van der Waals surface area contributed by atoms with Crippen molar-refractivity contribution >= 4 is 44.6 Å². The molecule has 1 aromatic heterocycles. The second kappa shape index (κ2) is 6.92. The Morgan fingerprint density at radius 3 is 1.46 bits per heavy atom. The summed E-state index contributed by atoms with van der Waals surface area (Å²) in [6.45, 7) is 0. The summed E-state index contributed by atoms with van der Waals surface area (Å²) in [5, 5.41) is 9.77. The second-order valence-electron chi connectivity index (χ2n) is 6.24. The summed E-state index contributed by atoms with van der Waals surface area (Å²) in [4.78, 5) is 0. The average molecular weight is 397 g/mol. The van der Waals surface area contributed by atoms with E-state index in [0.29, 0.717) is 6.16 Å². The minimum atomic E-state index is -3.26. The summed E-state index contributed by atoms with van der Waals surface area (Å²) in [7, 11) is 0. The molecule has 0 saturated heterocycles. The van der Waals surface area contributed by atoms with Crippen molar-refractivity contribution in [3.63, 3.8) is 0 Å². The quantitative estimate of drug-likeness (QED) is 0.456. The number of halogens is 1. The Balaban J connectivity index is 2.10. The Bertz CT molecular complexity index is 877. The van der Waals surface area contributed by atoms with Gasteiger partial charge in [-0.15, -0.1) is 0 Å². The van der Waals surface area contributed by atoms with Gasteiger partial charge in [-0.25, -0.2) is 0 Å². The van der Waals surface area contributed by atoms with Gasteiger partial charge in [-0.1, -0.05) is 0 Å². The molecule has 130 valence electrons. The summed E-state index contributed by atoms with van der Waals surface area (Å²) in [6.07, 6.45) is 0.641. The molecule has 0 fully saturated rings. The van der Waals surface area contributed by atoms with E-state index in [0.717, 1.165) is 21.6 Å². The molecule has 1 heterocycles. The summed E-state index contributed by atoms with van der Waals surface area (Å²) in [5.74, 6) is -3.26. The van der Waals surface area contributed by atoms with E-state index in [9.17, 15) is 0 Å². The summed E-state index contributed by atoms with van der Waals surface area (Å²) >= 11 is 9.30. The zero-order valence-electron chi connectivity index (χ0n) is 14.1. The molecule has 2 nitrogen and oxygen atoms in total. The third-order valence-electron chi connectivity index (χ3n) is 4.75. The Morgan fingerprint density at radius 1 is 0.692 bits per heavy atom. The van der Waals surface area contributed by atoms with Gasteiger partial charge < -0.3 is 0 Å². The zero-order valence-corrected chi connectivity index (χ0v) is 16.5. The van der Waals surface area contributed by atoms with Gasteiger partial charge in [-0.3, -0.25) is 0 Å². The molecule has 0 spiro atoms. The Labute approximate surface area is 162 Å². The van der Waals surface area contributed by atoms with Crippen molar-refractivity contribution < 1.29 is 0 Å². The summed E-state index contributed by atoms with van der Waals surface area (Å²) in [5.41, 5.74) is 0.930. The summed E-state index contributed by atoms with van der Waals surface area (Å²) in [6, 6.07) is 31.3. The molecule has 0 bridgehead atoms. The fraction of sp³-hybridized carbons (Fsp3) is 0.0476. The van der Waals surface area contributed by atoms with Crippen LogP contribution in [0.15, 0.2) is 96.4 Å². The molecule has 0 N–H and O–H groups in total. The van der Waals surface area contributed by atoms with Crippen molar-refractivity contribution in [1.29, 1.82) is 0 Å². The van der Waals surface area contributed by atoms with Crippen molar-refractivity contribution in [3.8, 4) is 0 Å². The van der Waals surface area contributed by atoms with E-state index in [1.54, 1.807) is 0 Å². The number of aromatic nitrogens is 2. The maximum absolute atomic E-state index is 7.93. The number of benzene rings is 3. The molecule has 0 aliphatic heterocycles. The standard InChI is InChI=1S/C21H18ClN2PS/c22-25(16-18-17-26-24-23-18,19-10-4-1-5-11-19,20-12-6-2-7-13-20)21-14-8-3-9-15-21/h1-15,17H,16H2. The third kappa shape index (κ3) is 2.77. The maximum atomic E-state index is 7.93. The van der Waals surface area contributed by atoms with Crippen molar-refractivity contribution in [2.75, 3.05) is 0 Å². The fourth-order valence-corrected chi connectivity index (χ4v) is 10.0. The monoisotopic (exact) mass is 396 g/mol. The van der Waals surface area contributed by atoms with E-state index in [2.05, 4.69) is 82.4 Å². The van der Waals surface area contributed by atoms with E-state index in [-0.39, 0.29) is 0 Å². The normalized spacial score (nSPS) is 13.0. The molecule has 0 radical (unpaired) electrons. The van der Waals surface area contributed by atoms with Gasteiger partial charge >= 0.3 is 162 Å². The van der Waals surface area contributed by atoms with Crippen LogP contribution in [-0.2, 0) is 6.16 Å². The van der Waals surface area contributed by atoms with Gasteiger partial charge in [-0.05, 0) is 0 Å². The number of rotatable bonds is 5. The van der Waals surface area contributed by atoms with E-state index < -0.39 is 5.96 Å². The van der Waals surface area contributed by atoms with Crippen LogP contribution in [0.4, 0.5) is 0 Å². The predicted molar refractivity (Wildman–Crippen MR) is 115 cm³/mol. The topological polar surface area (TPSA) is 25.8 Å². The van der Waals surface area contributed by atoms with Crippen LogP contribution in [0.5, 0.6) is 0 Å². The van der Waals surface area contributed by atoms with Crippen LogP contribution in [0, 0.1) is 0 Å². The molecule has 0 unspecified atom stereocenters. The van der Waals surface area contributed by atoms with Gasteiger partial charge in [0.2, 0.25) is 0 Å². The van der Waals surface area contributed by atoms with Crippen LogP contribution in [0.2, 0.25) is 0 Å². The SMILES string of the molecule is ClP(Cc1csnn1)(c1ccccc1)(c1ccccc1)c1ccccc1. The molecule has 0 amide bonds. The fourth-order valence-electron chi connectivity index (χ4n) is 3.49. The number of hydrogen-bond donors (Lipinski definition) is 0. The van der Waals surface area contributed by atoms with Crippen molar-refractivity contribution in [1.82, 2.24) is 9.59 Å². The first-order chi connectivity index (χ1) is 12.7. The Hall–Kier alpha value is -2.06. The van der Waals surface area contributed by atoms with E-state index in [1.165, 1.54) is 11.5 Å². The molecule has 4 rings (SSSR count). The van der Waals surface area contributed by atoms with E-state index in [4.69, 9.17) is 11.2 Å². The predicted octanol–water partition coefficient (Wildman–Crippen LogP) is 4.72. The zero-order chi connectivity index (χ0) is 17.9.